The van der Waals surface area contributed by atoms with Crippen molar-refractivity contribution in [2.24, 2.45) is 0 Å². The number of carbonyl (C=O) groups excluding carboxylic acids is 1. The number of anilines is 2. The number of ether oxygens (including phenoxy) is 2. The number of hydrogen-bond donors (Lipinski definition) is 3. The third kappa shape index (κ3) is 8.01. The molecule has 2 atom stereocenters. The van der Waals surface area contributed by atoms with Crippen molar-refractivity contribution >= 4 is 54.8 Å². The predicted octanol–water partition coefficient (Wildman–Crippen LogP) is 4.87. The van der Waals surface area contributed by atoms with Gasteiger partial charge in [0.05, 0.1) is 20.4 Å². The van der Waals surface area contributed by atoms with Crippen LogP contribution in [0.4, 0.5) is 11.6 Å². The molecule has 11 nitrogen and oxygen atoms in total. The molecule has 4 heterocycles. The first-order valence-corrected chi connectivity index (χ1v) is 14.2. The Morgan fingerprint density at radius 2 is 1.70 bits per heavy atom. The van der Waals surface area contributed by atoms with E-state index in [9.17, 15) is 9.59 Å². The third-order valence-electron chi connectivity index (χ3n) is 8.01. The van der Waals surface area contributed by atoms with Crippen LogP contribution in [0.1, 0.15) is 57.7 Å². The molecule has 0 radical (unpaired) electrons. The maximum atomic E-state index is 13.7. The zero-order valence-electron chi connectivity index (χ0n) is 26.3. The summed E-state index contributed by atoms with van der Waals surface area (Å²) in [5.41, 5.74) is 11.8. The summed E-state index contributed by atoms with van der Waals surface area (Å²) in [7, 11) is 3.25. The fourth-order valence-corrected chi connectivity index (χ4v) is 5.78. The largest absolute Gasteiger partial charge is 0.497 e. The second kappa shape index (κ2) is 16.5. The normalized spacial score (nSPS) is 13.6. The lowest BCUT2D eigenvalue weighted by Gasteiger charge is -2.23. The van der Waals surface area contributed by atoms with Gasteiger partial charge in [0.15, 0.2) is 5.82 Å². The van der Waals surface area contributed by atoms with Gasteiger partial charge in [0.1, 0.15) is 23.4 Å². The van der Waals surface area contributed by atoms with Gasteiger partial charge in [-0.25, -0.2) is 9.97 Å². The molecule has 1 amide bonds. The SMILES string of the molecule is COc1ccc([C@@H](CNc2ncc3n(c2=O)[C@H](C(=O)NCc2ccc(N)nc2C)CC3)c2c(C)cc(OC)cc2C)nc1.Cl.Cl.Cl. The number of aryl methyl sites for hydroxylation is 4. The van der Waals surface area contributed by atoms with Gasteiger partial charge in [0.2, 0.25) is 5.91 Å². The van der Waals surface area contributed by atoms with E-state index in [1.165, 1.54) is 0 Å². The molecule has 5 rings (SSSR count). The molecule has 3 aromatic heterocycles. The topological polar surface area (TPSA) is 146 Å². The van der Waals surface area contributed by atoms with Crippen molar-refractivity contribution in [1.82, 2.24) is 24.8 Å². The van der Waals surface area contributed by atoms with Crippen LogP contribution in [0.5, 0.6) is 11.5 Å². The van der Waals surface area contributed by atoms with Gasteiger partial charge in [-0.3, -0.25) is 19.1 Å². The molecular weight excluding hydrogens is 653 g/mol. The minimum atomic E-state index is -0.627. The van der Waals surface area contributed by atoms with Crippen LogP contribution >= 0.6 is 37.2 Å². The highest BCUT2D eigenvalue weighted by Gasteiger charge is 2.31. The lowest BCUT2D eigenvalue weighted by molar-refractivity contribution is -0.124. The summed E-state index contributed by atoms with van der Waals surface area (Å²) in [5, 5.41) is 6.25. The number of amides is 1. The Labute approximate surface area is 287 Å². The summed E-state index contributed by atoms with van der Waals surface area (Å²) in [6.07, 6.45) is 4.47. The van der Waals surface area contributed by atoms with Gasteiger partial charge >= 0.3 is 0 Å². The summed E-state index contributed by atoms with van der Waals surface area (Å²) < 4.78 is 12.3. The highest BCUT2D eigenvalue weighted by atomic mass is 35.5. The molecule has 1 aliphatic rings. The molecule has 46 heavy (non-hydrogen) atoms. The Kier molecular flexibility index (Phi) is 13.7. The van der Waals surface area contributed by atoms with Crippen LogP contribution in [-0.2, 0) is 17.8 Å². The van der Waals surface area contributed by atoms with E-state index < -0.39 is 6.04 Å². The summed E-state index contributed by atoms with van der Waals surface area (Å²) in [6.45, 7) is 6.58. The van der Waals surface area contributed by atoms with Gasteiger partial charge in [-0.05, 0) is 86.2 Å². The van der Waals surface area contributed by atoms with E-state index in [0.717, 1.165) is 45.1 Å². The zero-order valence-corrected chi connectivity index (χ0v) is 28.8. The Morgan fingerprint density at radius 3 is 2.30 bits per heavy atom. The molecule has 0 fully saturated rings. The van der Waals surface area contributed by atoms with Crippen molar-refractivity contribution in [3.8, 4) is 11.5 Å². The molecule has 0 bridgehead atoms. The molecule has 14 heteroatoms. The number of aromatic nitrogens is 4. The molecule has 0 saturated carbocycles. The molecule has 0 aliphatic carbocycles. The van der Waals surface area contributed by atoms with Gasteiger partial charge in [-0.1, -0.05) is 6.07 Å². The van der Waals surface area contributed by atoms with E-state index in [4.69, 9.17) is 15.2 Å². The van der Waals surface area contributed by atoms with E-state index in [1.54, 1.807) is 37.2 Å². The molecular formula is C32H40Cl3N7O4. The molecule has 0 spiro atoms. The number of halogens is 3. The van der Waals surface area contributed by atoms with E-state index in [2.05, 4.69) is 25.6 Å². The summed E-state index contributed by atoms with van der Waals surface area (Å²) in [5.74, 6) is 1.62. The van der Waals surface area contributed by atoms with Crippen molar-refractivity contribution in [2.75, 3.05) is 31.8 Å². The number of nitrogen functional groups attached to an aromatic ring is 1. The summed E-state index contributed by atoms with van der Waals surface area (Å²) in [4.78, 5) is 40.4. The molecule has 4 N–H and O–H groups in total. The van der Waals surface area contributed by atoms with Crippen molar-refractivity contribution < 1.29 is 14.3 Å². The third-order valence-corrected chi connectivity index (χ3v) is 8.01. The number of methoxy groups -OCH3 is 2. The zero-order chi connectivity index (χ0) is 30.7. The van der Waals surface area contributed by atoms with Crippen LogP contribution < -0.4 is 31.4 Å². The molecule has 248 valence electrons. The van der Waals surface area contributed by atoms with Crippen LogP contribution in [-0.4, -0.2) is 46.2 Å². The van der Waals surface area contributed by atoms with Crippen LogP contribution in [0.2, 0.25) is 0 Å². The number of carbonyl (C=O) groups is 1. The average Bonchev–Trinajstić information content (AvgIpc) is 3.44. The quantitative estimate of drug-likeness (QED) is 0.212. The van der Waals surface area contributed by atoms with Crippen LogP contribution in [0, 0.1) is 20.8 Å². The Morgan fingerprint density at radius 1 is 1.00 bits per heavy atom. The number of benzene rings is 1. The van der Waals surface area contributed by atoms with Gasteiger partial charge in [0, 0.05) is 42.3 Å². The molecule has 0 saturated heterocycles. The highest BCUT2D eigenvalue weighted by molar-refractivity contribution is 5.86. The minimum Gasteiger partial charge on any atom is -0.497 e. The molecule has 0 unspecified atom stereocenters. The molecule has 1 aromatic carbocycles. The number of rotatable bonds is 10. The lowest BCUT2D eigenvalue weighted by atomic mass is 9.87. The summed E-state index contributed by atoms with van der Waals surface area (Å²) >= 11 is 0. The van der Waals surface area contributed by atoms with Crippen molar-refractivity contribution in [1.29, 1.82) is 0 Å². The smallest absolute Gasteiger partial charge is 0.294 e. The number of nitrogens with zero attached hydrogens (tertiary/aromatic N) is 4. The maximum absolute atomic E-state index is 13.7. The van der Waals surface area contributed by atoms with E-state index in [-0.39, 0.29) is 60.4 Å². The van der Waals surface area contributed by atoms with Crippen LogP contribution in [0.15, 0.2) is 53.6 Å². The second-order valence-corrected chi connectivity index (χ2v) is 10.8. The van der Waals surface area contributed by atoms with Crippen molar-refractivity contribution in [3.05, 3.63) is 98.5 Å². The fourth-order valence-electron chi connectivity index (χ4n) is 5.78. The van der Waals surface area contributed by atoms with Crippen LogP contribution in [0.3, 0.4) is 0 Å². The van der Waals surface area contributed by atoms with E-state index in [0.29, 0.717) is 37.5 Å². The fraction of sp³-hybridized carbons (Fsp3) is 0.344. The first kappa shape index (κ1) is 38.1. The predicted molar refractivity (Wildman–Crippen MR) is 186 cm³/mol. The maximum Gasteiger partial charge on any atom is 0.294 e. The van der Waals surface area contributed by atoms with Crippen molar-refractivity contribution in [2.45, 2.75) is 52.1 Å². The Bertz CT molecular complexity index is 1690. The van der Waals surface area contributed by atoms with Gasteiger partial charge in [-0.2, -0.15) is 0 Å². The first-order valence-electron chi connectivity index (χ1n) is 14.2. The van der Waals surface area contributed by atoms with E-state index in [1.807, 2.05) is 51.1 Å². The lowest BCUT2D eigenvalue weighted by Crippen LogP contribution is -2.36. The van der Waals surface area contributed by atoms with Crippen LogP contribution in [0.25, 0.3) is 0 Å². The number of hydrogen-bond acceptors (Lipinski definition) is 9. The number of nitrogens with one attached hydrogen (secondary N) is 2. The Balaban J connectivity index is 0.00000245. The Hall–Kier alpha value is -4.06. The van der Waals surface area contributed by atoms with Gasteiger partial charge in [0.25, 0.3) is 5.56 Å². The van der Waals surface area contributed by atoms with Gasteiger partial charge in [-0.15, -0.1) is 37.2 Å². The highest BCUT2D eigenvalue weighted by Crippen LogP contribution is 2.33. The number of pyridine rings is 2. The average molecular weight is 693 g/mol. The number of fused-ring (bicyclic) bond motifs is 1. The molecule has 1 aliphatic heterocycles. The second-order valence-electron chi connectivity index (χ2n) is 10.8. The van der Waals surface area contributed by atoms with E-state index >= 15 is 0 Å². The summed E-state index contributed by atoms with van der Waals surface area (Å²) in [6, 6.07) is 10.7. The first-order chi connectivity index (χ1) is 20.7. The monoisotopic (exact) mass is 691 g/mol. The standard InChI is InChI=1S/C32H37N7O4.3ClH/c1-18-12-24(43-5)13-19(2)29(18)25(26-9-8-23(42-4)16-34-26)17-36-30-32(41)39-22(15-35-30)7-10-27(39)31(40)37-14-21-6-11-28(33)38-20(21)3;;;/h6,8-9,11-13,15-16,25,27H,7,10,14,17H2,1-5H3,(H2,33,38)(H,35,36)(H,37,40);3*1H/t25-,27+;;;/m1.../s1. The number of nitrogens with two attached hydrogens (primary N) is 1. The molecule has 4 aromatic rings. The van der Waals surface area contributed by atoms with Crippen molar-refractivity contribution in [3.63, 3.8) is 0 Å². The minimum absolute atomic E-state index is 0. The van der Waals surface area contributed by atoms with Gasteiger partial charge < -0.3 is 25.8 Å².